The Labute approximate surface area is 147 Å². The molecular weight excluding hydrogens is 322 g/mol. The Morgan fingerprint density at radius 3 is 2.62 bits per heavy atom. The van der Waals surface area contributed by atoms with Crippen molar-refractivity contribution in [2.24, 2.45) is 5.92 Å². The molecule has 1 aliphatic rings. The quantitative estimate of drug-likeness (QED) is 0.906. The third-order valence-electron chi connectivity index (χ3n) is 4.48. The lowest BCUT2D eigenvalue weighted by Crippen LogP contribution is -2.39. The largest absolute Gasteiger partial charge is 0.357 e. The standard InChI is InChI=1S/C19H22ClN3O/c20-17-6-2-1-5-16(17)13-19(24)22-14-15-8-11-23(12-9-15)18-7-3-4-10-21-18/h1-7,10,15H,8-9,11-14H2,(H,22,24). The first-order valence-electron chi connectivity index (χ1n) is 8.38. The summed E-state index contributed by atoms with van der Waals surface area (Å²) in [5.41, 5.74) is 0.877. The maximum atomic E-state index is 12.1. The van der Waals surface area contributed by atoms with Gasteiger partial charge in [-0.15, -0.1) is 0 Å². The first kappa shape index (κ1) is 16.8. The first-order valence-corrected chi connectivity index (χ1v) is 8.76. The Hall–Kier alpha value is -2.07. The second-order valence-corrected chi connectivity index (χ2v) is 6.60. The van der Waals surface area contributed by atoms with E-state index in [1.54, 1.807) is 0 Å². The minimum atomic E-state index is 0.0373. The van der Waals surface area contributed by atoms with Gasteiger partial charge in [-0.2, -0.15) is 0 Å². The van der Waals surface area contributed by atoms with Crippen molar-refractivity contribution in [1.29, 1.82) is 0 Å². The maximum absolute atomic E-state index is 12.1. The SMILES string of the molecule is O=C(Cc1ccccc1Cl)NCC1CCN(c2ccccn2)CC1. The Kier molecular flexibility index (Phi) is 5.70. The van der Waals surface area contributed by atoms with E-state index < -0.39 is 0 Å². The van der Waals surface area contributed by atoms with Crippen molar-refractivity contribution in [1.82, 2.24) is 10.3 Å². The number of carbonyl (C=O) groups is 1. The van der Waals surface area contributed by atoms with Gasteiger partial charge in [-0.25, -0.2) is 4.98 Å². The summed E-state index contributed by atoms with van der Waals surface area (Å²) < 4.78 is 0. The van der Waals surface area contributed by atoms with Crippen LogP contribution in [0.1, 0.15) is 18.4 Å². The van der Waals surface area contributed by atoms with Gasteiger partial charge in [0.15, 0.2) is 0 Å². The van der Waals surface area contributed by atoms with Crippen LogP contribution < -0.4 is 10.2 Å². The van der Waals surface area contributed by atoms with Crippen molar-refractivity contribution in [3.05, 3.63) is 59.2 Å². The van der Waals surface area contributed by atoms with E-state index in [1.807, 2.05) is 48.7 Å². The van der Waals surface area contributed by atoms with Crippen LogP contribution in [0.15, 0.2) is 48.7 Å². The fraction of sp³-hybridized carbons (Fsp3) is 0.368. The number of halogens is 1. The molecule has 0 radical (unpaired) electrons. The number of rotatable bonds is 5. The van der Waals surface area contributed by atoms with Gasteiger partial charge in [0.25, 0.3) is 0 Å². The van der Waals surface area contributed by atoms with Gasteiger partial charge in [-0.05, 0) is 42.5 Å². The monoisotopic (exact) mass is 343 g/mol. The Morgan fingerprint density at radius 1 is 1.17 bits per heavy atom. The summed E-state index contributed by atoms with van der Waals surface area (Å²) in [4.78, 5) is 18.8. The van der Waals surface area contributed by atoms with Gasteiger partial charge in [-0.3, -0.25) is 4.79 Å². The topological polar surface area (TPSA) is 45.2 Å². The number of amides is 1. The molecular formula is C19H22ClN3O. The van der Waals surface area contributed by atoms with Crippen molar-refractivity contribution >= 4 is 23.3 Å². The molecule has 0 bridgehead atoms. The van der Waals surface area contributed by atoms with Gasteiger partial charge in [0.1, 0.15) is 5.82 Å². The van der Waals surface area contributed by atoms with E-state index in [-0.39, 0.29) is 5.91 Å². The van der Waals surface area contributed by atoms with E-state index in [1.165, 1.54) is 0 Å². The van der Waals surface area contributed by atoms with Crippen LogP contribution in [0, 0.1) is 5.92 Å². The number of hydrogen-bond donors (Lipinski definition) is 1. The smallest absolute Gasteiger partial charge is 0.224 e. The zero-order valence-corrected chi connectivity index (χ0v) is 14.4. The Morgan fingerprint density at radius 2 is 1.92 bits per heavy atom. The van der Waals surface area contributed by atoms with Crippen LogP contribution in [0.4, 0.5) is 5.82 Å². The molecule has 5 heteroatoms. The van der Waals surface area contributed by atoms with E-state index in [0.717, 1.165) is 43.9 Å². The molecule has 2 aromatic rings. The molecule has 4 nitrogen and oxygen atoms in total. The molecule has 1 aromatic carbocycles. The summed E-state index contributed by atoms with van der Waals surface area (Å²) in [5, 5.41) is 3.70. The number of piperidine rings is 1. The number of pyridine rings is 1. The van der Waals surface area contributed by atoms with Gasteiger partial charge in [-0.1, -0.05) is 35.9 Å². The molecule has 0 unspecified atom stereocenters. The lowest BCUT2D eigenvalue weighted by atomic mass is 9.96. The number of nitrogens with one attached hydrogen (secondary N) is 1. The van der Waals surface area contributed by atoms with Crippen LogP contribution in [-0.2, 0) is 11.2 Å². The summed E-state index contributed by atoms with van der Waals surface area (Å²) in [5.74, 6) is 1.61. The predicted octanol–water partition coefficient (Wildman–Crippen LogP) is 3.31. The average Bonchev–Trinajstić information content (AvgIpc) is 2.63. The molecule has 1 N–H and O–H groups in total. The molecule has 1 amide bonds. The molecule has 3 rings (SSSR count). The van der Waals surface area contributed by atoms with Crippen molar-refractivity contribution in [2.75, 3.05) is 24.5 Å². The fourth-order valence-corrected chi connectivity index (χ4v) is 3.24. The second-order valence-electron chi connectivity index (χ2n) is 6.19. The normalized spacial score (nSPS) is 15.3. The average molecular weight is 344 g/mol. The van der Waals surface area contributed by atoms with E-state index in [2.05, 4.69) is 15.2 Å². The van der Waals surface area contributed by atoms with Crippen LogP contribution in [0.2, 0.25) is 5.02 Å². The molecule has 1 aliphatic heterocycles. The Balaban J connectivity index is 1.42. The molecule has 1 fully saturated rings. The van der Waals surface area contributed by atoms with E-state index >= 15 is 0 Å². The number of aromatic nitrogens is 1. The van der Waals surface area contributed by atoms with Gasteiger partial charge in [0.2, 0.25) is 5.91 Å². The van der Waals surface area contributed by atoms with Crippen LogP contribution in [0.3, 0.4) is 0 Å². The maximum Gasteiger partial charge on any atom is 0.224 e. The highest BCUT2D eigenvalue weighted by molar-refractivity contribution is 6.31. The summed E-state index contributed by atoms with van der Waals surface area (Å²) in [6.45, 7) is 2.71. The minimum Gasteiger partial charge on any atom is -0.357 e. The molecule has 24 heavy (non-hydrogen) atoms. The molecule has 126 valence electrons. The highest BCUT2D eigenvalue weighted by atomic mass is 35.5. The number of carbonyl (C=O) groups excluding carboxylic acids is 1. The lowest BCUT2D eigenvalue weighted by Gasteiger charge is -2.32. The minimum absolute atomic E-state index is 0.0373. The van der Waals surface area contributed by atoms with Crippen LogP contribution in [0.5, 0.6) is 0 Å². The summed E-state index contributed by atoms with van der Waals surface area (Å²) in [6, 6.07) is 13.5. The molecule has 1 saturated heterocycles. The summed E-state index contributed by atoms with van der Waals surface area (Å²) in [6.07, 6.45) is 4.31. The highest BCUT2D eigenvalue weighted by Gasteiger charge is 2.20. The molecule has 0 atom stereocenters. The fourth-order valence-electron chi connectivity index (χ4n) is 3.04. The lowest BCUT2D eigenvalue weighted by molar-refractivity contribution is -0.120. The van der Waals surface area contributed by atoms with E-state index in [0.29, 0.717) is 17.4 Å². The Bertz CT molecular complexity index is 669. The third-order valence-corrected chi connectivity index (χ3v) is 4.85. The molecule has 1 aromatic heterocycles. The van der Waals surface area contributed by atoms with Gasteiger partial charge in [0.05, 0.1) is 6.42 Å². The van der Waals surface area contributed by atoms with Crippen molar-refractivity contribution in [3.63, 3.8) is 0 Å². The molecule has 0 aliphatic carbocycles. The predicted molar refractivity (Wildman–Crippen MR) is 97.3 cm³/mol. The number of nitrogens with zero attached hydrogens (tertiary/aromatic N) is 2. The number of hydrogen-bond acceptors (Lipinski definition) is 3. The summed E-state index contributed by atoms with van der Waals surface area (Å²) in [7, 11) is 0. The van der Waals surface area contributed by atoms with E-state index in [4.69, 9.17) is 11.6 Å². The first-order chi connectivity index (χ1) is 11.7. The van der Waals surface area contributed by atoms with Crippen LogP contribution in [-0.4, -0.2) is 30.5 Å². The number of anilines is 1. The zero-order valence-electron chi connectivity index (χ0n) is 13.6. The number of benzene rings is 1. The van der Waals surface area contributed by atoms with Crippen molar-refractivity contribution < 1.29 is 4.79 Å². The molecule has 0 spiro atoms. The second kappa shape index (κ2) is 8.15. The molecule has 2 heterocycles. The third kappa shape index (κ3) is 4.48. The zero-order chi connectivity index (χ0) is 16.8. The van der Waals surface area contributed by atoms with Gasteiger partial charge >= 0.3 is 0 Å². The summed E-state index contributed by atoms with van der Waals surface area (Å²) >= 11 is 6.10. The van der Waals surface area contributed by atoms with Crippen molar-refractivity contribution in [2.45, 2.75) is 19.3 Å². The van der Waals surface area contributed by atoms with Gasteiger partial charge in [0, 0.05) is 30.9 Å². The van der Waals surface area contributed by atoms with Gasteiger partial charge < -0.3 is 10.2 Å². The molecule has 0 saturated carbocycles. The van der Waals surface area contributed by atoms with E-state index in [9.17, 15) is 4.79 Å². The van der Waals surface area contributed by atoms with Crippen LogP contribution in [0.25, 0.3) is 0 Å². The van der Waals surface area contributed by atoms with Crippen molar-refractivity contribution in [3.8, 4) is 0 Å². The van der Waals surface area contributed by atoms with Crippen LogP contribution >= 0.6 is 11.6 Å². The highest BCUT2D eigenvalue weighted by Crippen LogP contribution is 2.21.